The van der Waals surface area contributed by atoms with Gasteiger partial charge in [-0.25, -0.2) is 0 Å². The Bertz CT molecular complexity index is 208. The number of quaternary nitrogens is 1. The van der Waals surface area contributed by atoms with Gasteiger partial charge in [-0.05, 0) is 6.92 Å². The molecule has 2 nitrogen and oxygen atoms in total. The molecule has 1 aliphatic heterocycles. The monoisotopic (exact) mass is 168 g/mol. The minimum absolute atomic E-state index is 0.207. The number of hydrogen-bond acceptors (Lipinski definition) is 1. The maximum Gasteiger partial charge on any atom is 0.138 e. The molecule has 4 atom stereocenters. The lowest BCUT2D eigenvalue weighted by atomic mass is 9.80. The Morgan fingerprint density at radius 1 is 1.58 bits per heavy atom. The second-order valence-corrected chi connectivity index (χ2v) is 4.13. The van der Waals surface area contributed by atoms with Crippen LogP contribution in [0.5, 0.6) is 0 Å². The predicted octanol–water partition coefficient (Wildman–Crippen LogP) is -0.706. The summed E-state index contributed by atoms with van der Waals surface area (Å²) >= 11 is 0. The number of nitrogens with one attached hydrogen (secondary N) is 1. The average molecular weight is 168 g/mol. The standard InChI is InChI=1S/C10H17NO/c1-5-10(12)6-9(3)11(4)7-8(10)2/h1,8-9,12H,6-7H2,2-4H3/p+1/t8-,9+,10-/m1/s1. The van der Waals surface area contributed by atoms with Crippen molar-refractivity contribution in [2.45, 2.75) is 31.9 Å². The van der Waals surface area contributed by atoms with E-state index in [9.17, 15) is 5.11 Å². The van der Waals surface area contributed by atoms with Gasteiger partial charge in [0.2, 0.25) is 0 Å². The highest BCUT2D eigenvalue weighted by Crippen LogP contribution is 2.23. The fourth-order valence-corrected chi connectivity index (χ4v) is 1.90. The van der Waals surface area contributed by atoms with Gasteiger partial charge in [-0.1, -0.05) is 12.8 Å². The molecule has 0 radical (unpaired) electrons. The van der Waals surface area contributed by atoms with Crippen molar-refractivity contribution >= 4 is 0 Å². The molecule has 0 aliphatic carbocycles. The Hall–Kier alpha value is -0.520. The van der Waals surface area contributed by atoms with Crippen molar-refractivity contribution in [3.8, 4) is 12.3 Å². The second kappa shape index (κ2) is 3.08. The minimum atomic E-state index is -0.862. The van der Waals surface area contributed by atoms with Crippen molar-refractivity contribution in [1.82, 2.24) is 0 Å². The summed E-state index contributed by atoms with van der Waals surface area (Å²) in [6.07, 6.45) is 6.05. The first-order valence-electron chi connectivity index (χ1n) is 4.52. The first kappa shape index (κ1) is 9.57. The van der Waals surface area contributed by atoms with Crippen LogP contribution in [0.1, 0.15) is 20.3 Å². The quantitative estimate of drug-likeness (QED) is 0.459. The topological polar surface area (TPSA) is 24.7 Å². The summed E-state index contributed by atoms with van der Waals surface area (Å²) in [6, 6.07) is 0.460. The minimum Gasteiger partial charge on any atom is -0.377 e. The highest BCUT2D eigenvalue weighted by Gasteiger charge is 2.42. The molecule has 0 bridgehead atoms. The maximum absolute atomic E-state index is 9.99. The first-order valence-corrected chi connectivity index (χ1v) is 4.52. The van der Waals surface area contributed by atoms with Gasteiger partial charge in [-0.3, -0.25) is 0 Å². The normalized spacial score (nSPS) is 48.4. The zero-order valence-corrected chi connectivity index (χ0v) is 8.09. The molecule has 68 valence electrons. The lowest BCUT2D eigenvalue weighted by Crippen LogP contribution is -3.15. The van der Waals surface area contributed by atoms with E-state index in [1.807, 2.05) is 6.92 Å². The van der Waals surface area contributed by atoms with Gasteiger partial charge in [0.25, 0.3) is 0 Å². The summed E-state index contributed by atoms with van der Waals surface area (Å²) < 4.78 is 0. The zero-order valence-electron chi connectivity index (χ0n) is 8.09. The van der Waals surface area contributed by atoms with Crippen LogP contribution < -0.4 is 4.90 Å². The molecule has 0 aromatic carbocycles. The molecule has 0 spiro atoms. The van der Waals surface area contributed by atoms with E-state index < -0.39 is 5.60 Å². The molecule has 0 aromatic rings. The van der Waals surface area contributed by atoms with Crippen LogP contribution >= 0.6 is 0 Å². The van der Waals surface area contributed by atoms with Crippen LogP contribution in [0.25, 0.3) is 0 Å². The maximum atomic E-state index is 9.99. The molecule has 1 rings (SSSR count). The fourth-order valence-electron chi connectivity index (χ4n) is 1.90. The Morgan fingerprint density at radius 3 is 2.67 bits per heavy atom. The fraction of sp³-hybridized carbons (Fsp3) is 0.800. The molecule has 12 heavy (non-hydrogen) atoms. The van der Waals surface area contributed by atoms with Crippen molar-refractivity contribution in [2.75, 3.05) is 13.6 Å². The molecule has 1 aliphatic rings. The Kier molecular flexibility index (Phi) is 2.46. The molecule has 1 heterocycles. The lowest BCUT2D eigenvalue weighted by molar-refractivity contribution is -0.915. The van der Waals surface area contributed by atoms with Crippen LogP contribution in [-0.4, -0.2) is 30.3 Å². The van der Waals surface area contributed by atoms with Crippen LogP contribution in [0.3, 0.4) is 0 Å². The summed E-state index contributed by atoms with van der Waals surface area (Å²) in [5.41, 5.74) is -0.862. The second-order valence-electron chi connectivity index (χ2n) is 4.13. The number of rotatable bonds is 0. The summed E-state index contributed by atoms with van der Waals surface area (Å²) in [4.78, 5) is 1.46. The number of piperidine rings is 1. The van der Waals surface area contributed by atoms with Gasteiger partial charge in [-0.2, -0.15) is 0 Å². The molecule has 0 amide bonds. The molecular formula is C10H18NO+. The highest BCUT2D eigenvalue weighted by molar-refractivity contribution is 5.11. The predicted molar refractivity (Wildman–Crippen MR) is 48.8 cm³/mol. The molecular weight excluding hydrogens is 150 g/mol. The summed E-state index contributed by atoms with van der Waals surface area (Å²) in [5.74, 6) is 2.73. The number of aliphatic hydroxyl groups is 1. The number of hydrogen-bond donors (Lipinski definition) is 2. The van der Waals surface area contributed by atoms with Crippen LogP contribution in [0.4, 0.5) is 0 Å². The van der Waals surface area contributed by atoms with Crippen LogP contribution in [0.15, 0.2) is 0 Å². The van der Waals surface area contributed by atoms with Crippen molar-refractivity contribution in [2.24, 2.45) is 5.92 Å². The molecule has 1 saturated heterocycles. The van der Waals surface area contributed by atoms with Crippen molar-refractivity contribution in [3.63, 3.8) is 0 Å². The molecule has 2 heteroatoms. The van der Waals surface area contributed by atoms with Gasteiger partial charge in [0.15, 0.2) is 0 Å². The van der Waals surface area contributed by atoms with E-state index in [1.165, 1.54) is 4.90 Å². The van der Waals surface area contributed by atoms with Crippen LogP contribution in [0.2, 0.25) is 0 Å². The molecule has 0 saturated carbocycles. The van der Waals surface area contributed by atoms with E-state index in [4.69, 9.17) is 6.42 Å². The molecule has 1 fully saturated rings. The smallest absolute Gasteiger partial charge is 0.138 e. The van der Waals surface area contributed by atoms with E-state index >= 15 is 0 Å². The summed E-state index contributed by atoms with van der Waals surface area (Å²) in [5, 5.41) is 9.99. The summed E-state index contributed by atoms with van der Waals surface area (Å²) in [7, 11) is 2.15. The number of likely N-dealkylation sites (tertiary alicyclic amines) is 1. The van der Waals surface area contributed by atoms with Gasteiger partial charge in [0.1, 0.15) is 5.60 Å². The van der Waals surface area contributed by atoms with Crippen molar-refractivity contribution in [1.29, 1.82) is 0 Å². The zero-order chi connectivity index (χ0) is 9.35. The Labute approximate surface area is 74.6 Å². The third-order valence-electron chi connectivity index (χ3n) is 3.15. The lowest BCUT2D eigenvalue weighted by Gasteiger charge is -2.40. The number of terminal acetylenes is 1. The first-order chi connectivity index (χ1) is 5.49. The summed E-state index contributed by atoms with van der Waals surface area (Å²) in [6.45, 7) is 5.11. The van der Waals surface area contributed by atoms with Gasteiger partial charge in [0.05, 0.1) is 19.6 Å². The van der Waals surface area contributed by atoms with Gasteiger partial charge in [0, 0.05) is 12.3 Å². The molecule has 0 aromatic heterocycles. The highest BCUT2D eigenvalue weighted by atomic mass is 16.3. The molecule has 2 N–H and O–H groups in total. The van der Waals surface area contributed by atoms with E-state index in [1.54, 1.807) is 0 Å². The van der Waals surface area contributed by atoms with E-state index in [2.05, 4.69) is 19.9 Å². The van der Waals surface area contributed by atoms with E-state index in [0.717, 1.165) is 13.0 Å². The molecule has 1 unspecified atom stereocenters. The van der Waals surface area contributed by atoms with Gasteiger partial charge in [-0.15, -0.1) is 6.42 Å². The van der Waals surface area contributed by atoms with E-state index in [0.29, 0.717) is 6.04 Å². The van der Waals surface area contributed by atoms with Crippen molar-refractivity contribution < 1.29 is 10.0 Å². The van der Waals surface area contributed by atoms with E-state index in [-0.39, 0.29) is 5.92 Å². The largest absolute Gasteiger partial charge is 0.377 e. The van der Waals surface area contributed by atoms with Crippen molar-refractivity contribution in [3.05, 3.63) is 0 Å². The van der Waals surface area contributed by atoms with Crippen LogP contribution in [-0.2, 0) is 0 Å². The third-order valence-corrected chi connectivity index (χ3v) is 3.15. The Balaban J connectivity index is 2.76. The van der Waals surface area contributed by atoms with Gasteiger partial charge < -0.3 is 10.0 Å². The van der Waals surface area contributed by atoms with Gasteiger partial charge >= 0.3 is 0 Å². The average Bonchev–Trinajstić information content (AvgIpc) is 2.01. The SMILES string of the molecule is C#C[C@@]1(O)C[C@H](C)[NH+](C)C[C@H]1C. The third kappa shape index (κ3) is 1.48. The van der Waals surface area contributed by atoms with Crippen LogP contribution in [0, 0.1) is 18.3 Å². The Morgan fingerprint density at radius 2 is 2.17 bits per heavy atom.